The first-order chi connectivity index (χ1) is 8.04. The summed E-state index contributed by atoms with van der Waals surface area (Å²) in [5, 5.41) is 2.81. The molecule has 1 rings (SSSR count). The maximum Gasteiger partial charge on any atom is 0.253 e. The Kier molecular flexibility index (Phi) is 4.97. The summed E-state index contributed by atoms with van der Waals surface area (Å²) >= 11 is 5.56. The summed E-state index contributed by atoms with van der Waals surface area (Å²) in [6.07, 6.45) is 0. The maximum absolute atomic E-state index is 11.9. The second-order valence-electron chi connectivity index (χ2n) is 3.88. The molecular formula is C12H16ClN3O. The van der Waals surface area contributed by atoms with Crippen LogP contribution in [0.2, 0.25) is 0 Å². The fourth-order valence-electron chi connectivity index (χ4n) is 1.29. The van der Waals surface area contributed by atoms with Gasteiger partial charge in [0.2, 0.25) is 0 Å². The lowest BCUT2D eigenvalue weighted by Crippen LogP contribution is -2.30. The number of alkyl halides is 1. The van der Waals surface area contributed by atoms with Crippen molar-refractivity contribution in [3.05, 3.63) is 29.8 Å². The number of nitrogens with one attached hydrogen (secondary N) is 1. The molecule has 0 aliphatic rings. The number of halogens is 1. The molecule has 0 atom stereocenters. The first-order valence-corrected chi connectivity index (χ1v) is 5.87. The van der Waals surface area contributed by atoms with Gasteiger partial charge in [-0.25, -0.2) is 4.99 Å². The summed E-state index contributed by atoms with van der Waals surface area (Å²) in [5.74, 6) is 0.262. The van der Waals surface area contributed by atoms with Gasteiger partial charge in [-0.1, -0.05) is 12.1 Å². The van der Waals surface area contributed by atoms with Crippen molar-refractivity contribution in [2.75, 3.05) is 5.88 Å². The Bertz CT molecular complexity index is 430. The van der Waals surface area contributed by atoms with Crippen molar-refractivity contribution in [2.45, 2.75) is 19.9 Å². The molecule has 4 nitrogen and oxygen atoms in total. The molecule has 1 aromatic carbocycles. The topological polar surface area (TPSA) is 67.5 Å². The minimum Gasteiger partial charge on any atom is -0.386 e. The number of benzene rings is 1. The summed E-state index contributed by atoms with van der Waals surface area (Å²) in [5.41, 5.74) is 6.59. The van der Waals surface area contributed by atoms with E-state index >= 15 is 0 Å². The molecule has 1 amide bonds. The summed E-state index contributed by atoms with van der Waals surface area (Å²) in [6.45, 7) is 3.80. The average molecular weight is 254 g/mol. The summed E-state index contributed by atoms with van der Waals surface area (Å²) < 4.78 is 0. The molecule has 0 aliphatic heterocycles. The van der Waals surface area contributed by atoms with Crippen LogP contribution in [0, 0.1) is 0 Å². The molecule has 17 heavy (non-hydrogen) atoms. The van der Waals surface area contributed by atoms with Crippen molar-refractivity contribution >= 4 is 29.0 Å². The molecule has 0 saturated heterocycles. The van der Waals surface area contributed by atoms with Crippen molar-refractivity contribution in [2.24, 2.45) is 10.7 Å². The van der Waals surface area contributed by atoms with E-state index in [2.05, 4.69) is 10.3 Å². The highest BCUT2D eigenvalue weighted by molar-refractivity contribution is 6.28. The van der Waals surface area contributed by atoms with Crippen molar-refractivity contribution in [3.63, 3.8) is 0 Å². The fourth-order valence-corrected chi connectivity index (χ4v) is 1.35. The zero-order chi connectivity index (χ0) is 12.8. The van der Waals surface area contributed by atoms with Gasteiger partial charge in [0.1, 0.15) is 5.84 Å². The number of para-hydroxylation sites is 1. The van der Waals surface area contributed by atoms with Gasteiger partial charge < -0.3 is 11.1 Å². The lowest BCUT2D eigenvalue weighted by Gasteiger charge is -2.10. The number of nitrogens with two attached hydrogens (primary N) is 1. The number of nitrogens with zero attached hydrogens (tertiary/aromatic N) is 1. The highest BCUT2D eigenvalue weighted by atomic mass is 35.5. The van der Waals surface area contributed by atoms with E-state index in [0.717, 1.165) is 0 Å². The van der Waals surface area contributed by atoms with Crippen LogP contribution in [0.1, 0.15) is 24.2 Å². The number of rotatable bonds is 4. The number of carbonyl (C=O) groups excluding carboxylic acids is 1. The van der Waals surface area contributed by atoms with Gasteiger partial charge in [0.05, 0.1) is 17.1 Å². The first-order valence-electron chi connectivity index (χ1n) is 5.33. The van der Waals surface area contributed by atoms with E-state index in [1.807, 2.05) is 13.8 Å². The predicted octanol–water partition coefficient (Wildman–Crippen LogP) is 2.05. The first kappa shape index (κ1) is 13.5. The molecule has 0 saturated carbocycles. The molecule has 0 aromatic heterocycles. The van der Waals surface area contributed by atoms with Gasteiger partial charge in [-0.3, -0.25) is 4.79 Å². The smallest absolute Gasteiger partial charge is 0.253 e. The molecule has 0 aliphatic carbocycles. The van der Waals surface area contributed by atoms with Gasteiger partial charge in [0.25, 0.3) is 5.91 Å². The summed E-state index contributed by atoms with van der Waals surface area (Å²) in [4.78, 5) is 16.0. The minimum atomic E-state index is -0.165. The highest BCUT2D eigenvalue weighted by Gasteiger charge is 2.11. The van der Waals surface area contributed by atoms with E-state index in [1.165, 1.54) is 0 Å². The largest absolute Gasteiger partial charge is 0.386 e. The lowest BCUT2D eigenvalue weighted by molar-refractivity contribution is 0.0944. The fraction of sp³-hybridized carbons (Fsp3) is 0.333. The van der Waals surface area contributed by atoms with Crippen molar-refractivity contribution in [1.82, 2.24) is 5.32 Å². The Morgan fingerprint density at radius 1 is 1.47 bits per heavy atom. The molecule has 0 radical (unpaired) electrons. The standard InChI is InChI=1S/C12H16ClN3O/c1-8(2)15-12(17)9-5-3-4-6-10(9)16-11(14)7-13/h3-6,8H,7H2,1-2H3,(H2,14,16)(H,15,17). The predicted molar refractivity (Wildman–Crippen MR) is 71.0 cm³/mol. The zero-order valence-corrected chi connectivity index (χ0v) is 10.7. The number of amidine groups is 1. The van der Waals surface area contributed by atoms with Crippen LogP contribution in [0.25, 0.3) is 0 Å². The Morgan fingerprint density at radius 3 is 2.71 bits per heavy atom. The van der Waals surface area contributed by atoms with Gasteiger partial charge in [-0.05, 0) is 26.0 Å². The second kappa shape index (κ2) is 6.25. The molecule has 0 bridgehead atoms. The molecule has 5 heteroatoms. The van der Waals surface area contributed by atoms with Crippen LogP contribution in [-0.2, 0) is 0 Å². The van der Waals surface area contributed by atoms with Crippen LogP contribution in [0.5, 0.6) is 0 Å². The van der Waals surface area contributed by atoms with Crippen LogP contribution in [-0.4, -0.2) is 23.7 Å². The normalized spacial score (nSPS) is 11.6. The van der Waals surface area contributed by atoms with E-state index in [0.29, 0.717) is 11.3 Å². The highest BCUT2D eigenvalue weighted by Crippen LogP contribution is 2.18. The van der Waals surface area contributed by atoms with Gasteiger partial charge in [0.15, 0.2) is 0 Å². The van der Waals surface area contributed by atoms with E-state index in [1.54, 1.807) is 24.3 Å². The van der Waals surface area contributed by atoms with E-state index < -0.39 is 0 Å². The van der Waals surface area contributed by atoms with Crippen molar-refractivity contribution in [1.29, 1.82) is 0 Å². The number of amides is 1. The van der Waals surface area contributed by atoms with Crippen LogP contribution >= 0.6 is 11.6 Å². The van der Waals surface area contributed by atoms with E-state index in [9.17, 15) is 4.79 Å². The Balaban J connectivity index is 3.03. The lowest BCUT2D eigenvalue weighted by atomic mass is 10.1. The van der Waals surface area contributed by atoms with Gasteiger partial charge in [-0.15, -0.1) is 11.6 Å². The quantitative estimate of drug-likeness (QED) is 0.490. The number of aliphatic imine (C=N–C) groups is 1. The number of hydrogen-bond acceptors (Lipinski definition) is 2. The average Bonchev–Trinajstić information content (AvgIpc) is 2.28. The maximum atomic E-state index is 11.9. The van der Waals surface area contributed by atoms with Gasteiger partial charge in [-0.2, -0.15) is 0 Å². The van der Waals surface area contributed by atoms with Crippen molar-refractivity contribution < 1.29 is 4.79 Å². The Labute approximate surface area is 106 Å². The number of carbonyl (C=O) groups is 1. The zero-order valence-electron chi connectivity index (χ0n) is 9.90. The van der Waals surface area contributed by atoms with Crippen LogP contribution in [0.4, 0.5) is 5.69 Å². The summed E-state index contributed by atoms with van der Waals surface area (Å²) in [6, 6.07) is 7.09. The molecular weight excluding hydrogens is 238 g/mol. The third-order valence-electron chi connectivity index (χ3n) is 1.97. The van der Waals surface area contributed by atoms with E-state index in [-0.39, 0.29) is 23.7 Å². The second-order valence-corrected chi connectivity index (χ2v) is 4.15. The third-order valence-corrected chi connectivity index (χ3v) is 2.24. The molecule has 0 heterocycles. The number of hydrogen-bond donors (Lipinski definition) is 2. The molecule has 1 aromatic rings. The minimum absolute atomic E-state index is 0.0740. The van der Waals surface area contributed by atoms with Crippen LogP contribution in [0.15, 0.2) is 29.3 Å². The monoisotopic (exact) mass is 253 g/mol. The molecule has 0 unspecified atom stereocenters. The van der Waals surface area contributed by atoms with Gasteiger partial charge in [0, 0.05) is 6.04 Å². The van der Waals surface area contributed by atoms with Crippen LogP contribution in [0.3, 0.4) is 0 Å². The molecule has 0 spiro atoms. The summed E-state index contributed by atoms with van der Waals surface area (Å²) in [7, 11) is 0. The third kappa shape index (κ3) is 4.07. The van der Waals surface area contributed by atoms with Crippen LogP contribution < -0.4 is 11.1 Å². The SMILES string of the molecule is CC(C)NC(=O)c1ccccc1N=C(N)CCl. The molecule has 92 valence electrons. The Hall–Kier alpha value is -1.55. The molecule has 3 N–H and O–H groups in total. The van der Waals surface area contributed by atoms with Crippen molar-refractivity contribution in [3.8, 4) is 0 Å². The molecule has 0 fully saturated rings. The Morgan fingerprint density at radius 2 is 2.12 bits per heavy atom. The van der Waals surface area contributed by atoms with Gasteiger partial charge >= 0.3 is 0 Å². The van der Waals surface area contributed by atoms with E-state index in [4.69, 9.17) is 17.3 Å².